The molecule has 1 unspecified atom stereocenters. The first kappa shape index (κ1) is 30.6. The third-order valence-corrected chi connectivity index (χ3v) is 10.2. The molecule has 0 bridgehead atoms. The molecule has 0 radical (unpaired) electrons. The number of hydrogen-bond donors (Lipinski definition) is 3. The highest BCUT2D eigenvalue weighted by Crippen LogP contribution is 2.51. The van der Waals surface area contributed by atoms with Crippen molar-refractivity contribution in [1.82, 2.24) is 15.0 Å². The summed E-state index contributed by atoms with van der Waals surface area (Å²) in [6, 6.07) is 7.85. The third kappa shape index (κ3) is 6.43. The van der Waals surface area contributed by atoms with Gasteiger partial charge in [0.25, 0.3) is 0 Å². The van der Waals surface area contributed by atoms with Crippen molar-refractivity contribution < 1.29 is 30.5 Å². The smallest absolute Gasteiger partial charge is 0.411 e. The van der Waals surface area contributed by atoms with Crippen LogP contribution in [-0.2, 0) is 20.8 Å². The number of alkyl halides is 3. The number of methoxy groups -OCH3 is 1. The van der Waals surface area contributed by atoms with Crippen molar-refractivity contribution in [3.05, 3.63) is 66.1 Å². The van der Waals surface area contributed by atoms with E-state index < -0.39 is 37.8 Å². The van der Waals surface area contributed by atoms with E-state index in [0.29, 0.717) is 29.0 Å². The monoisotopic (exact) mass is 634 g/mol. The van der Waals surface area contributed by atoms with Crippen molar-refractivity contribution in [1.29, 1.82) is 0 Å². The van der Waals surface area contributed by atoms with Crippen molar-refractivity contribution in [3.63, 3.8) is 0 Å². The van der Waals surface area contributed by atoms with Gasteiger partial charge >= 0.3 is 6.18 Å². The predicted molar refractivity (Wildman–Crippen MR) is 159 cm³/mol. The normalized spacial score (nSPS) is 17.6. The second kappa shape index (κ2) is 11.7. The summed E-state index contributed by atoms with van der Waals surface area (Å²) in [4.78, 5) is 13.7. The molecule has 0 amide bonds. The zero-order valence-corrected chi connectivity index (χ0v) is 24.7. The molecule has 0 saturated heterocycles. The number of rotatable bonds is 12. The number of hydrogen-bond acceptors (Lipinski definition) is 9. The molecule has 15 heteroatoms. The van der Waals surface area contributed by atoms with Crippen LogP contribution in [0, 0.1) is 0 Å². The van der Waals surface area contributed by atoms with Crippen LogP contribution in [-0.4, -0.2) is 58.2 Å². The van der Waals surface area contributed by atoms with Crippen LogP contribution in [0.3, 0.4) is 0 Å². The molecule has 2 saturated carbocycles. The molecule has 43 heavy (non-hydrogen) atoms. The molecule has 5 rings (SSSR count). The molecule has 1 atom stereocenters. The van der Waals surface area contributed by atoms with Gasteiger partial charge in [0, 0.05) is 12.1 Å². The van der Waals surface area contributed by atoms with E-state index in [4.69, 9.17) is 9.88 Å². The molecule has 2 heterocycles. The lowest BCUT2D eigenvalue weighted by Gasteiger charge is -2.22. The molecule has 2 fully saturated rings. The summed E-state index contributed by atoms with van der Waals surface area (Å²) >= 11 is 0. The Kier molecular flexibility index (Phi) is 8.33. The summed E-state index contributed by atoms with van der Waals surface area (Å²) < 4.78 is 84.5. The molecule has 0 aliphatic heterocycles. The second-order valence-electron chi connectivity index (χ2n) is 10.2. The van der Waals surface area contributed by atoms with Gasteiger partial charge in [0.2, 0.25) is 5.95 Å². The number of allylic oxidation sites excluding steroid dienone is 3. The molecule has 2 aromatic heterocycles. The third-order valence-electron chi connectivity index (χ3n) is 7.13. The maximum atomic E-state index is 13.9. The lowest BCUT2D eigenvalue weighted by molar-refractivity contribution is -0.151. The summed E-state index contributed by atoms with van der Waals surface area (Å²) in [5.41, 5.74) is -0.976. The van der Waals surface area contributed by atoms with Crippen LogP contribution in [0.15, 0.2) is 71.0 Å². The first-order valence-electron chi connectivity index (χ1n) is 13.2. The van der Waals surface area contributed by atoms with Gasteiger partial charge in [-0.1, -0.05) is 24.8 Å². The minimum atomic E-state index is -4.52. The Bertz CT molecular complexity index is 1770. The maximum Gasteiger partial charge on any atom is 0.411 e. The number of nitrogens with one attached hydrogen (secondary N) is 2. The fourth-order valence-corrected chi connectivity index (χ4v) is 6.60. The number of pyridine rings is 1. The van der Waals surface area contributed by atoms with Crippen LogP contribution in [0.5, 0.6) is 5.75 Å². The Balaban J connectivity index is 1.51. The average Bonchev–Trinajstić information content (AvgIpc) is 3.89. The highest BCUT2D eigenvalue weighted by Gasteiger charge is 2.64. The van der Waals surface area contributed by atoms with E-state index in [9.17, 15) is 25.8 Å². The van der Waals surface area contributed by atoms with Gasteiger partial charge in [-0.2, -0.15) is 18.2 Å². The lowest BCUT2D eigenvalue weighted by Crippen LogP contribution is -2.39. The Hall–Kier alpha value is -3.82. The zero-order chi connectivity index (χ0) is 31.0. The van der Waals surface area contributed by atoms with Gasteiger partial charge in [0.05, 0.1) is 28.5 Å². The van der Waals surface area contributed by atoms with Crippen molar-refractivity contribution >= 4 is 43.6 Å². The Morgan fingerprint density at radius 2 is 1.95 bits per heavy atom. The van der Waals surface area contributed by atoms with Crippen LogP contribution in [0.1, 0.15) is 25.7 Å². The number of nitrogens with two attached hydrogens (primary N) is 1. The number of anilines is 2. The number of halogens is 3. The molecule has 1 aromatic carbocycles. The molecular weight excluding hydrogens is 605 g/mol. The van der Waals surface area contributed by atoms with E-state index in [1.165, 1.54) is 31.4 Å². The van der Waals surface area contributed by atoms with Crippen molar-refractivity contribution in [2.45, 2.75) is 47.5 Å². The summed E-state index contributed by atoms with van der Waals surface area (Å²) in [5, 5.41) is 10.4. The van der Waals surface area contributed by atoms with Gasteiger partial charge in [-0.15, -0.1) is 0 Å². The molecule has 228 valence electrons. The van der Waals surface area contributed by atoms with Gasteiger partial charge < -0.3 is 15.4 Å². The minimum Gasteiger partial charge on any atom is -0.495 e. The SMILES string of the molecule is C=C/C(=C\C=C\CNc1nc(NC2(C(F)(F)F)CC2)c2nc(-c3ccc(OC)c(S(=O)(=O)C4CC4)c3)ccc2n1)S(N)=O. The summed E-state index contributed by atoms with van der Waals surface area (Å²) in [7, 11) is -3.92. The topological polar surface area (TPSA) is 149 Å². The number of benzene rings is 1. The molecule has 3 aromatic rings. The molecule has 2 aliphatic carbocycles. The van der Waals surface area contributed by atoms with Crippen LogP contribution in [0.2, 0.25) is 0 Å². The van der Waals surface area contributed by atoms with Gasteiger partial charge in [-0.05, 0) is 62.1 Å². The molecule has 4 N–H and O–H groups in total. The summed E-state index contributed by atoms with van der Waals surface area (Å²) in [5.74, 6) is 0.157. The number of ether oxygens (including phenoxy) is 1. The van der Waals surface area contributed by atoms with Crippen LogP contribution < -0.4 is 20.5 Å². The first-order chi connectivity index (χ1) is 20.4. The Morgan fingerprint density at radius 3 is 2.56 bits per heavy atom. The van der Waals surface area contributed by atoms with E-state index in [0.717, 1.165) is 0 Å². The first-order valence-corrected chi connectivity index (χ1v) is 16.0. The van der Waals surface area contributed by atoms with E-state index in [2.05, 4.69) is 32.2 Å². The molecule has 10 nitrogen and oxygen atoms in total. The maximum absolute atomic E-state index is 13.9. The zero-order valence-electron chi connectivity index (χ0n) is 23.0. The van der Waals surface area contributed by atoms with E-state index in [1.807, 2.05) is 0 Å². The number of nitrogens with zero attached hydrogens (tertiary/aromatic N) is 3. The van der Waals surface area contributed by atoms with E-state index >= 15 is 0 Å². The average molecular weight is 635 g/mol. The molecule has 2 aliphatic rings. The second-order valence-corrected chi connectivity index (χ2v) is 13.4. The minimum absolute atomic E-state index is 0.0425. The largest absolute Gasteiger partial charge is 0.495 e. The van der Waals surface area contributed by atoms with Crippen molar-refractivity contribution in [3.8, 4) is 17.0 Å². The number of aromatic nitrogens is 3. The Labute approximate surface area is 248 Å². The highest BCUT2D eigenvalue weighted by atomic mass is 32.2. The lowest BCUT2D eigenvalue weighted by atomic mass is 10.1. The van der Waals surface area contributed by atoms with Crippen LogP contribution >= 0.6 is 0 Å². The van der Waals surface area contributed by atoms with Gasteiger partial charge in [-0.25, -0.2) is 27.7 Å². The van der Waals surface area contributed by atoms with Gasteiger partial charge in [0.1, 0.15) is 32.7 Å². The summed E-state index contributed by atoms with van der Waals surface area (Å²) in [6.07, 6.45) is 2.54. The fourth-order valence-electron chi connectivity index (χ4n) is 4.39. The summed E-state index contributed by atoms with van der Waals surface area (Å²) in [6.45, 7) is 3.74. The standard InChI is InChI=1S/C28H29F3N6O4S2/c1-3-18(42(32)38)6-4-5-15-33-26-35-21-11-10-20(34-24(21)25(36-26)37-27(13-14-27)28(29,30)31)17-7-12-22(41-2)23(16-17)43(39,40)19-8-9-19/h3-7,10-12,16,19H,1,8-9,13-15,32H2,2H3,(H2,33,35,36,37)/b5-4+,18-6+. The van der Waals surface area contributed by atoms with Gasteiger partial charge in [0.15, 0.2) is 15.7 Å². The van der Waals surface area contributed by atoms with E-state index in [-0.39, 0.29) is 52.8 Å². The number of sulfone groups is 1. The predicted octanol–water partition coefficient (Wildman–Crippen LogP) is 4.80. The van der Waals surface area contributed by atoms with Crippen molar-refractivity contribution in [2.24, 2.45) is 5.14 Å². The van der Waals surface area contributed by atoms with E-state index in [1.54, 1.807) is 30.4 Å². The van der Waals surface area contributed by atoms with Crippen LogP contribution in [0.4, 0.5) is 24.9 Å². The van der Waals surface area contributed by atoms with Crippen molar-refractivity contribution in [2.75, 3.05) is 24.3 Å². The fraction of sp³-hybridized carbons (Fsp3) is 0.321. The van der Waals surface area contributed by atoms with Gasteiger partial charge in [-0.3, -0.25) is 0 Å². The molecular formula is C28H29F3N6O4S2. The highest BCUT2D eigenvalue weighted by molar-refractivity contribution is 7.92. The Morgan fingerprint density at radius 1 is 1.21 bits per heavy atom. The van der Waals surface area contributed by atoms with Crippen LogP contribution in [0.25, 0.3) is 22.3 Å². The number of fused-ring (bicyclic) bond motifs is 1. The molecule has 0 spiro atoms. The quantitative estimate of drug-likeness (QED) is 0.239.